The number of aromatic nitrogens is 3. The number of amides is 1. The topological polar surface area (TPSA) is 94.1 Å². The average molecular weight is 366 g/mol. The first-order valence-corrected chi connectivity index (χ1v) is 8.85. The monoisotopic (exact) mass is 366 g/mol. The molecule has 2 aromatic heterocycles. The van der Waals surface area contributed by atoms with Crippen LogP contribution in [0.1, 0.15) is 5.76 Å². The number of aryl methyl sites for hydroxylation is 1. The van der Waals surface area contributed by atoms with Gasteiger partial charge in [0, 0.05) is 11.6 Å². The van der Waals surface area contributed by atoms with E-state index in [2.05, 4.69) is 20.7 Å². The van der Waals surface area contributed by atoms with E-state index in [9.17, 15) is 4.79 Å². The molecule has 0 bridgehead atoms. The van der Waals surface area contributed by atoms with Gasteiger partial charge >= 0.3 is 0 Å². The minimum atomic E-state index is -0.229. The van der Waals surface area contributed by atoms with Crippen LogP contribution in [0.2, 0.25) is 0 Å². The molecular formula is C18H14N4O3S. The maximum Gasteiger partial charge on any atom is 0.277 e. The summed E-state index contributed by atoms with van der Waals surface area (Å²) < 4.78 is 10.6. The van der Waals surface area contributed by atoms with Crippen molar-refractivity contribution < 1.29 is 13.7 Å². The van der Waals surface area contributed by atoms with Crippen molar-refractivity contribution in [3.05, 3.63) is 54.3 Å². The van der Waals surface area contributed by atoms with E-state index in [0.717, 1.165) is 28.1 Å². The van der Waals surface area contributed by atoms with Gasteiger partial charge < -0.3 is 14.3 Å². The summed E-state index contributed by atoms with van der Waals surface area (Å²) in [6.07, 6.45) is 0. The van der Waals surface area contributed by atoms with Crippen LogP contribution < -0.4 is 5.32 Å². The molecule has 8 heteroatoms. The van der Waals surface area contributed by atoms with Gasteiger partial charge in [-0.3, -0.25) is 4.79 Å². The summed E-state index contributed by atoms with van der Waals surface area (Å²) in [6.45, 7) is 1.75. The van der Waals surface area contributed by atoms with Crippen LogP contribution in [-0.2, 0) is 4.79 Å². The van der Waals surface area contributed by atoms with E-state index in [4.69, 9.17) is 8.94 Å². The molecule has 0 aliphatic carbocycles. The van der Waals surface area contributed by atoms with Crippen molar-refractivity contribution in [3.8, 4) is 11.5 Å². The number of nitrogens with zero attached hydrogens (tertiary/aromatic N) is 3. The zero-order valence-corrected chi connectivity index (χ0v) is 14.6. The molecule has 4 aromatic rings. The molecule has 7 nitrogen and oxygen atoms in total. The van der Waals surface area contributed by atoms with E-state index < -0.39 is 0 Å². The average Bonchev–Trinajstić information content (AvgIpc) is 3.28. The van der Waals surface area contributed by atoms with Crippen molar-refractivity contribution in [2.75, 3.05) is 11.1 Å². The van der Waals surface area contributed by atoms with E-state index >= 15 is 0 Å². The summed E-state index contributed by atoms with van der Waals surface area (Å²) in [5.74, 6) is 1.34. The van der Waals surface area contributed by atoms with Gasteiger partial charge in [-0.25, -0.2) is 0 Å². The summed E-state index contributed by atoms with van der Waals surface area (Å²) in [7, 11) is 0. The number of nitrogens with one attached hydrogen (secondary N) is 1. The van der Waals surface area contributed by atoms with E-state index in [-0.39, 0.29) is 11.7 Å². The molecule has 1 N–H and O–H groups in total. The van der Waals surface area contributed by atoms with Crippen LogP contribution in [0.15, 0.2) is 62.7 Å². The Morgan fingerprint density at radius 1 is 1.15 bits per heavy atom. The molecule has 0 spiro atoms. The number of fused-ring (bicyclic) bond motifs is 1. The van der Waals surface area contributed by atoms with Gasteiger partial charge in [0.25, 0.3) is 5.22 Å². The molecular weight excluding hydrogens is 352 g/mol. The van der Waals surface area contributed by atoms with Crippen LogP contribution in [0, 0.1) is 6.92 Å². The molecule has 4 rings (SSSR count). The van der Waals surface area contributed by atoms with Gasteiger partial charge in [0.1, 0.15) is 5.76 Å². The van der Waals surface area contributed by atoms with Crippen molar-refractivity contribution in [2.24, 2.45) is 0 Å². The molecule has 130 valence electrons. The number of anilines is 1. The third-order valence-electron chi connectivity index (χ3n) is 3.65. The second-order valence-corrected chi connectivity index (χ2v) is 6.49. The van der Waals surface area contributed by atoms with Gasteiger partial charge in [-0.1, -0.05) is 53.3 Å². The van der Waals surface area contributed by atoms with E-state index in [0.29, 0.717) is 22.7 Å². The zero-order chi connectivity index (χ0) is 17.9. The fourth-order valence-electron chi connectivity index (χ4n) is 2.52. The van der Waals surface area contributed by atoms with Crippen LogP contribution >= 0.6 is 11.8 Å². The van der Waals surface area contributed by atoms with E-state index in [1.54, 1.807) is 13.0 Å². The summed E-state index contributed by atoms with van der Waals surface area (Å²) in [6, 6.07) is 15.5. The molecule has 0 atom stereocenters. The molecule has 0 saturated heterocycles. The number of rotatable bonds is 5. The molecule has 0 unspecified atom stereocenters. The van der Waals surface area contributed by atoms with Crippen molar-refractivity contribution in [2.45, 2.75) is 12.1 Å². The lowest BCUT2D eigenvalue weighted by Crippen LogP contribution is -2.14. The van der Waals surface area contributed by atoms with Crippen molar-refractivity contribution in [3.63, 3.8) is 0 Å². The quantitative estimate of drug-likeness (QED) is 0.535. The second kappa shape index (κ2) is 7.01. The lowest BCUT2D eigenvalue weighted by molar-refractivity contribution is -0.113. The number of hydrogen-bond donors (Lipinski definition) is 1. The minimum Gasteiger partial charge on any atom is -0.411 e. The van der Waals surface area contributed by atoms with Crippen LogP contribution in [0.3, 0.4) is 0 Å². The Morgan fingerprint density at radius 2 is 2.00 bits per heavy atom. The molecule has 0 radical (unpaired) electrons. The lowest BCUT2D eigenvalue weighted by atomic mass is 10.0. The first-order valence-electron chi connectivity index (χ1n) is 7.86. The Kier molecular flexibility index (Phi) is 4.40. The van der Waals surface area contributed by atoms with Crippen LogP contribution in [0.5, 0.6) is 0 Å². The second-order valence-electron chi connectivity index (χ2n) is 5.56. The van der Waals surface area contributed by atoms with Gasteiger partial charge in [-0.2, -0.15) is 0 Å². The third-order valence-corrected chi connectivity index (χ3v) is 4.47. The van der Waals surface area contributed by atoms with Gasteiger partial charge in [0.2, 0.25) is 11.8 Å². The molecule has 0 aliphatic heterocycles. The van der Waals surface area contributed by atoms with Crippen LogP contribution in [0.4, 0.5) is 5.82 Å². The van der Waals surface area contributed by atoms with E-state index in [1.165, 1.54) is 0 Å². The highest BCUT2D eigenvalue weighted by Crippen LogP contribution is 2.29. The van der Waals surface area contributed by atoms with Crippen molar-refractivity contribution in [1.82, 2.24) is 15.4 Å². The lowest BCUT2D eigenvalue weighted by Gasteiger charge is -2.01. The van der Waals surface area contributed by atoms with Crippen molar-refractivity contribution in [1.29, 1.82) is 0 Å². The predicted molar refractivity (Wildman–Crippen MR) is 97.8 cm³/mol. The largest absolute Gasteiger partial charge is 0.411 e. The summed E-state index contributed by atoms with van der Waals surface area (Å²) >= 11 is 1.16. The molecule has 0 saturated carbocycles. The number of hydrogen-bond acceptors (Lipinski definition) is 7. The molecule has 0 aliphatic rings. The van der Waals surface area contributed by atoms with Crippen LogP contribution in [0.25, 0.3) is 22.2 Å². The molecule has 2 heterocycles. The standard InChI is InChI=1S/C18H14N4O3S/c1-11-9-15(22-25-11)19-16(23)10-26-18-21-20-17(24-18)14-8-4-6-12-5-2-3-7-13(12)14/h2-9H,10H2,1H3,(H,19,22,23). The van der Waals surface area contributed by atoms with Gasteiger partial charge in [-0.15, -0.1) is 10.2 Å². The number of carbonyl (C=O) groups excluding carboxylic acids is 1. The number of benzene rings is 2. The van der Waals surface area contributed by atoms with Gasteiger partial charge in [0.15, 0.2) is 5.82 Å². The maximum atomic E-state index is 11.9. The number of thioether (sulfide) groups is 1. The fraction of sp³-hybridized carbons (Fsp3) is 0.111. The number of carbonyl (C=O) groups is 1. The first kappa shape index (κ1) is 16.3. The summed E-state index contributed by atoms with van der Waals surface area (Å²) in [4.78, 5) is 11.9. The Bertz CT molecular complexity index is 1070. The highest BCUT2D eigenvalue weighted by atomic mass is 32.2. The summed E-state index contributed by atoms with van der Waals surface area (Å²) in [5, 5.41) is 16.9. The molecule has 26 heavy (non-hydrogen) atoms. The first-order chi connectivity index (χ1) is 12.7. The predicted octanol–water partition coefficient (Wildman–Crippen LogP) is 3.92. The van der Waals surface area contributed by atoms with Crippen LogP contribution in [-0.4, -0.2) is 27.0 Å². The Labute approximate surface area is 152 Å². The molecule has 1 amide bonds. The third kappa shape index (κ3) is 3.45. The van der Waals surface area contributed by atoms with Gasteiger partial charge in [-0.05, 0) is 23.8 Å². The normalized spacial score (nSPS) is 11.0. The highest BCUT2D eigenvalue weighted by Gasteiger charge is 2.14. The fourth-order valence-corrected chi connectivity index (χ4v) is 3.08. The Balaban J connectivity index is 1.45. The van der Waals surface area contributed by atoms with Crippen molar-refractivity contribution >= 4 is 34.3 Å². The van der Waals surface area contributed by atoms with Gasteiger partial charge in [0.05, 0.1) is 5.75 Å². The SMILES string of the molecule is Cc1cc(NC(=O)CSc2nnc(-c3cccc4ccccc34)o2)no1. The minimum absolute atomic E-state index is 0.128. The molecule has 0 fully saturated rings. The van der Waals surface area contributed by atoms with E-state index in [1.807, 2.05) is 42.5 Å². The Hall–Kier alpha value is -3.13. The zero-order valence-electron chi connectivity index (χ0n) is 13.8. The summed E-state index contributed by atoms with van der Waals surface area (Å²) in [5.41, 5.74) is 0.866. The smallest absolute Gasteiger partial charge is 0.277 e. The molecule has 2 aromatic carbocycles. The maximum absolute atomic E-state index is 11.9. The Morgan fingerprint density at radius 3 is 2.85 bits per heavy atom. The highest BCUT2D eigenvalue weighted by molar-refractivity contribution is 7.99.